The predicted octanol–water partition coefficient (Wildman–Crippen LogP) is 2.61. The van der Waals surface area contributed by atoms with E-state index in [9.17, 15) is 0 Å². The predicted molar refractivity (Wildman–Crippen MR) is 53.0 cm³/mol. The molecule has 1 rings (SSSR count). The fourth-order valence-corrected chi connectivity index (χ4v) is 1.39. The molecule has 0 aliphatic heterocycles. The number of nitrogens with two attached hydrogens (primary N) is 1. The summed E-state index contributed by atoms with van der Waals surface area (Å²) in [6.07, 6.45) is 1.94. The average molecular weight is 189 g/mol. The number of nitrogens with one attached hydrogen (secondary N) is 1. The van der Waals surface area contributed by atoms with E-state index in [0.29, 0.717) is 10.7 Å². The van der Waals surface area contributed by atoms with Crippen LogP contribution in [0.2, 0.25) is 5.02 Å². The number of benzene rings is 1. The summed E-state index contributed by atoms with van der Waals surface area (Å²) in [5.41, 5.74) is 7.16. The lowest BCUT2D eigenvalue weighted by Gasteiger charge is -2.03. The number of nitrogen functional groups attached to an aromatic ring is 1. The fourth-order valence-electron chi connectivity index (χ4n) is 0.789. The molecule has 1 aromatic carbocycles. The highest BCUT2D eigenvalue weighted by atomic mass is 35.5. The normalized spacial score (nSPS) is 9.64. The van der Waals surface area contributed by atoms with E-state index in [4.69, 9.17) is 17.3 Å². The standard InChI is InChI=1S/C7H9ClN2S/c1-11-10-7-3-5(8)2-6(9)4-7/h2-4,10H,9H2,1H3. The first kappa shape index (κ1) is 8.56. The van der Waals surface area contributed by atoms with Gasteiger partial charge in [0.15, 0.2) is 0 Å². The van der Waals surface area contributed by atoms with Gasteiger partial charge in [0.2, 0.25) is 0 Å². The van der Waals surface area contributed by atoms with Gasteiger partial charge in [0.25, 0.3) is 0 Å². The van der Waals surface area contributed by atoms with Crippen LogP contribution in [-0.4, -0.2) is 6.26 Å². The third kappa shape index (κ3) is 2.52. The Bertz CT molecular complexity index is 232. The zero-order chi connectivity index (χ0) is 8.27. The van der Waals surface area contributed by atoms with Crippen molar-refractivity contribution in [2.45, 2.75) is 0 Å². The van der Waals surface area contributed by atoms with E-state index < -0.39 is 0 Å². The van der Waals surface area contributed by atoms with Crippen LogP contribution in [0.15, 0.2) is 18.2 Å². The van der Waals surface area contributed by atoms with E-state index in [-0.39, 0.29) is 0 Å². The summed E-state index contributed by atoms with van der Waals surface area (Å²) in [7, 11) is 0. The van der Waals surface area contributed by atoms with E-state index in [2.05, 4.69) is 4.72 Å². The zero-order valence-corrected chi connectivity index (χ0v) is 7.67. The number of rotatable bonds is 2. The lowest BCUT2D eigenvalue weighted by molar-refractivity contribution is 1.66. The molecule has 0 spiro atoms. The summed E-state index contributed by atoms with van der Waals surface area (Å²) >= 11 is 7.26. The van der Waals surface area contributed by atoms with Crippen LogP contribution in [0.1, 0.15) is 0 Å². The molecule has 0 saturated heterocycles. The van der Waals surface area contributed by atoms with E-state index >= 15 is 0 Å². The van der Waals surface area contributed by atoms with Gasteiger partial charge in [-0.2, -0.15) is 0 Å². The second-order valence-electron chi connectivity index (χ2n) is 2.08. The second kappa shape index (κ2) is 3.74. The summed E-state index contributed by atoms with van der Waals surface area (Å²) in [5.74, 6) is 0. The van der Waals surface area contributed by atoms with Crippen molar-refractivity contribution >= 4 is 34.9 Å². The van der Waals surface area contributed by atoms with Gasteiger partial charge in [-0.1, -0.05) is 23.5 Å². The quantitative estimate of drug-likeness (QED) is 0.554. The molecule has 3 N–H and O–H groups in total. The monoisotopic (exact) mass is 188 g/mol. The molecular formula is C7H9ClN2S. The smallest absolute Gasteiger partial charge is 0.0475 e. The number of hydrogen-bond donors (Lipinski definition) is 2. The molecule has 0 saturated carbocycles. The van der Waals surface area contributed by atoms with E-state index in [1.54, 1.807) is 6.07 Å². The van der Waals surface area contributed by atoms with Crippen molar-refractivity contribution < 1.29 is 0 Å². The highest BCUT2D eigenvalue weighted by Crippen LogP contribution is 2.21. The maximum atomic E-state index is 5.76. The van der Waals surface area contributed by atoms with Crippen molar-refractivity contribution in [1.82, 2.24) is 0 Å². The highest BCUT2D eigenvalue weighted by Gasteiger charge is 1.94. The second-order valence-corrected chi connectivity index (χ2v) is 3.13. The minimum Gasteiger partial charge on any atom is -0.399 e. The Labute approximate surface area is 75.2 Å². The summed E-state index contributed by atoms with van der Waals surface area (Å²) in [6, 6.07) is 5.38. The molecule has 0 radical (unpaired) electrons. The van der Waals surface area contributed by atoms with Gasteiger partial charge in [0.05, 0.1) is 0 Å². The molecule has 0 heterocycles. The molecule has 0 atom stereocenters. The third-order valence-electron chi connectivity index (χ3n) is 1.14. The Balaban J connectivity index is 2.89. The largest absolute Gasteiger partial charge is 0.399 e. The fraction of sp³-hybridized carbons (Fsp3) is 0.143. The van der Waals surface area contributed by atoms with E-state index in [0.717, 1.165) is 5.69 Å². The van der Waals surface area contributed by atoms with Crippen molar-refractivity contribution in [2.24, 2.45) is 0 Å². The van der Waals surface area contributed by atoms with Gasteiger partial charge >= 0.3 is 0 Å². The molecule has 60 valence electrons. The van der Waals surface area contributed by atoms with Crippen molar-refractivity contribution in [2.75, 3.05) is 16.7 Å². The Morgan fingerprint density at radius 1 is 1.45 bits per heavy atom. The summed E-state index contributed by atoms with van der Waals surface area (Å²) in [5, 5.41) is 0.654. The Morgan fingerprint density at radius 2 is 2.18 bits per heavy atom. The van der Waals surface area contributed by atoms with Crippen LogP contribution < -0.4 is 10.5 Å². The van der Waals surface area contributed by atoms with Crippen molar-refractivity contribution in [1.29, 1.82) is 0 Å². The van der Waals surface area contributed by atoms with Gasteiger partial charge in [0, 0.05) is 22.7 Å². The minimum absolute atomic E-state index is 0.654. The van der Waals surface area contributed by atoms with E-state index in [1.807, 2.05) is 18.4 Å². The van der Waals surface area contributed by atoms with Crippen LogP contribution in [0, 0.1) is 0 Å². The average Bonchev–Trinajstić information content (AvgIpc) is 1.85. The SMILES string of the molecule is CSNc1cc(N)cc(Cl)c1. The van der Waals surface area contributed by atoms with Gasteiger partial charge in [-0.15, -0.1) is 0 Å². The first-order valence-corrected chi connectivity index (χ1v) is 4.67. The molecular weight excluding hydrogens is 180 g/mol. The van der Waals surface area contributed by atoms with Crippen molar-refractivity contribution in [3.05, 3.63) is 23.2 Å². The molecule has 1 aromatic rings. The number of hydrogen-bond acceptors (Lipinski definition) is 3. The van der Waals surface area contributed by atoms with Crippen LogP contribution in [-0.2, 0) is 0 Å². The van der Waals surface area contributed by atoms with Gasteiger partial charge in [-0.05, 0) is 18.2 Å². The number of halogens is 1. The first-order valence-electron chi connectivity index (χ1n) is 3.07. The zero-order valence-electron chi connectivity index (χ0n) is 6.10. The van der Waals surface area contributed by atoms with Crippen molar-refractivity contribution in [3.63, 3.8) is 0 Å². The van der Waals surface area contributed by atoms with Crippen LogP contribution in [0.5, 0.6) is 0 Å². The molecule has 0 unspecified atom stereocenters. The number of anilines is 2. The molecule has 0 aliphatic rings. The molecule has 11 heavy (non-hydrogen) atoms. The van der Waals surface area contributed by atoms with Gasteiger partial charge in [-0.25, -0.2) is 0 Å². The molecule has 0 bridgehead atoms. The minimum atomic E-state index is 0.654. The summed E-state index contributed by atoms with van der Waals surface area (Å²) in [6.45, 7) is 0. The Morgan fingerprint density at radius 3 is 2.73 bits per heavy atom. The van der Waals surface area contributed by atoms with Crippen LogP contribution >= 0.6 is 23.5 Å². The lowest BCUT2D eigenvalue weighted by atomic mass is 10.3. The summed E-state index contributed by atoms with van der Waals surface area (Å²) in [4.78, 5) is 0. The van der Waals surface area contributed by atoms with Crippen molar-refractivity contribution in [3.8, 4) is 0 Å². The first-order chi connectivity index (χ1) is 5.22. The molecule has 2 nitrogen and oxygen atoms in total. The lowest BCUT2D eigenvalue weighted by Crippen LogP contribution is -1.88. The van der Waals surface area contributed by atoms with Gasteiger partial charge in [0.1, 0.15) is 0 Å². The highest BCUT2D eigenvalue weighted by molar-refractivity contribution is 7.99. The molecule has 4 heteroatoms. The van der Waals surface area contributed by atoms with Gasteiger partial charge in [-0.3, -0.25) is 0 Å². The van der Waals surface area contributed by atoms with Crippen LogP contribution in [0.25, 0.3) is 0 Å². The third-order valence-corrected chi connectivity index (χ3v) is 1.80. The molecule has 0 fully saturated rings. The van der Waals surface area contributed by atoms with Crippen LogP contribution in [0.4, 0.5) is 11.4 Å². The van der Waals surface area contributed by atoms with E-state index in [1.165, 1.54) is 11.9 Å². The molecule has 0 amide bonds. The summed E-state index contributed by atoms with van der Waals surface area (Å²) < 4.78 is 3.04. The Hall–Kier alpha value is -0.540. The van der Waals surface area contributed by atoms with Crippen LogP contribution in [0.3, 0.4) is 0 Å². The van der Waals surface area contributed by atoms with Gasteiger partial charge < -0.3 is 10.5 Å². The maximum absolute atomic E-state index is 5.76. The topological polar surface area (TPSA) is 38.0 Å². The molecule has 0 aromatic heterocycles. The maximum Gasteiger partial charge on any atom is 0.0475 e. The molecule has 0 aliphatic carbocycles. The Kier molecular flexibility index (Phi) is 2.91.